The van der Waals surface area contributed by atoms with E-state index in [1.165, 1.54) is 12.8 Å². The van der Waals surface area contributed by atoms with Gasteiger partial charge in [0.05, 0.1) is 16.8 Å². The van der Waals surface area contributed by atoms with Gasteiger partial charge in [-0.05, 0) is 74.7 Å². The van der Waals surface area contributed by atoms with Gasteiger partial charge in [-0.25, -0.2) is 0 Å². The third-order valence-corrected chi connectivity index (χ3v) is 6.34. The van der Waals surface area contributed by atoms with Crippen LogP contribution in [-0.2, 0) is 16.1 Å². The molecule has 2 N–H and O–H groups in total. The molecule has 32 heavy (non-hydrogen) atoms. The Morgan fingerprint density at radius 2 is 1.81 bits per heavy atom. The number of carbonyl (C=O) groups excluding carboxylic acids is 1. The van der Waals surface area contributed by atoms with E-state index in [4.69, 9.17) is 4.98 Å². The first-order valence-electron chi connectivity index (χ1n) is 11.4. The standard InChI is InChI=1S/C26H33N3O3/c1-3-26(4-2,25(31)32)18-24(30)28-22-11-7-9-20(17-22)13-14-21-10-8-12-23(27-21)19-29-15-5-6-16-29/h7-14,17H,3-6,15-16,18-19H2,1-2H3,(H,28,30)(H,31,32)/b14-13+. The van der Waals surface area contributed by atoms with Crippen molar-refractivity contribution in [1.82, 2.24) is 9.88 Å². The predicted molar refractivity (Wildman–Crippen MR) is 128 cm³/mol. The molecule has 2 aromatic rings. The number of anilines is 1. The van der Waals surface area contributed by atoms with Gasteiger partial charge in [-0.3, -0.25) is 19.5 Å². The van der Waals surface area contributed by atoms with Crippen LogP contribution in [0.15, 0.2) is 42.5 Å². The summed E-state index contributed by atoms with van der Waals surface area (Å²) in [7, 11) is 0. The zero-order valence-corrected chi connectivity index (χ0v) is 19.0. The number of carboxylic acid groups (broad SMARTS) is 1. The topological polar surface area (TPSA) is 82.5 Å². The molecule has 0 unspecified atom stereocenters. The molecule has 0 bridgehead atoms. The summed E-state index contributed by atoms with van der Waals surface area (Å²) in [6.45, 7) is 6.79. The van der Waals surface area contributed by atoms with Crippen LogP contribution in [0.25, 0.3) is 12.2 Å². The molecule has 0 aliphatic carbocycles. The zero-order chi connectivity index (χ0) is 23.0. The zero-order valence-electron chi connectivity index (χ0n) is 19.0. The maximum absolute atomic E-state index is 12.5. The SMILES string of the molecule is CCC(CC)(CC(=O)Nc1cccc(/C=C/c2cccc(CN3CCCC3)n2)c1)C(=O)O. The lowest BCUT2D eigenvalue weighted by atomic mass is 9.79. The molecule has 0 radical (unpaired) electrons. The summed E-state index contributed by atoms with van der Waals surface area (Å²) in [4.78, 5) is 31.4. The number of benzene rings is 1. The summed E-state index contributed by atoms with van der Waals surface area (Å²) in [5.41, 5.74) is 2.54. The Morgan fingerprint density at radius 1 is 1.09 bits per heavy atom. The van der Waals surface area contributed by atoms with Crippen LogP contribution in [0.5, 0.6) is 0 Å². The number of likely N-dealkylation sites (tertiary alicyclic amines) is 1. The molecule has 6 nitrogen and oxygen atoms in total. The molecule has 1 fully saturated rings. The van der Waals surface area contributed by atoms with Crippen LogP contribution in [0.3, 0.4) is 0 Å². The van der Waals surface area contributed by atoms with Crippen LogP contribution in [0.2, 0.25) is 0 Å². The van der Waals surface area contributed by atoms with E-state index in [-0.39, 0.29) is 12.3 Å². The Bertz CT molecular complexity index is 960. The normalized spacial score (nSPS) is 14.7. The van der Waals surface area contributed by atoms with E-state index in [2.05, 4.69) is 16.3 Å². The van der Waals surface area contributed by atoms with Gasteiger partial charge in [0, 0.05) is 18.7 Å². The lowest BCUT2D eigenvalue weighted by Gasteiger charge is -2.25. The Labute approximate surface area is 190 Å². The van der Waals surface area contributed by atoms with E-state index in [0.29, 0.717) is 18.5 Å². The van der Waals surface area contributed by atoms with Crippen molar-refractivity contribution in [3.8, 4) is 0 Å². The van der Waals surface area contributed by atoms with Crippen molar-refractivity contribution in [3.05, 3.63) is 59.4 Å². The van der Waals surface area contributed by atoms with Crippen molar-refractivity contribution < 1.29 is 14.7 Å². The van der Waals surface area contributed by atoms with Crippen molar-refractivity contribution in [1.29, 1.82) is 0 Å². The number of nitrogens with zero attached hydrogens (tertiary/aromatic N) is 2. The molecule has 1 aliphatic heterocycles. The summed E-state index contributed by atoms with van der Waals surface area (Å²) in [5, 5.41) is 12.4. The maximum Gasteiger partial charge on any atom is 0.310 e. The monoisotopic (exact) mass is 435 g/mol. The van der Waals surface area contributed by atoms with Crippen molar-refractivity contribution in [2.45, 2.75) is 52.5 Å². The molecular formula is C26H33N3O3. The van der Waals surface area contributed by atoms with Gasteiger partial charge in [-0.15, -0.1) is 0 Å². The number of nitrogens with one attached hydrogen (secondary N) is 1. The second-order valence-electron chi connectivity index (χ2n) is 8.51. The number of amides is 1. The number of aliphatic carboxylic acids is 1. The predicted octanol–water partition coefficient (Wildman–Crippen LogP) is 5.07. The van der Waals surface area contributed by atoms with Gasteiger partial charge >= 0.3 is 5.97 Å². The van der Waals surface area contributed by atoms with Crippen LogP contribution in [0.4, 0.5) is 5.69 Å². The molecule has 170 valence electrons. The minimum atomic E-state index is -1.02. The first kappa shape index (κ1) is 23.7. The molecule has 1 amide bonds. The highest BCUT2D eigenvalue weighted by Crippen LogP contribution is 2.31. The summed E-state index contributed by atoms with van der Waals surface area (Å²) < 4.78 is 0. The van der Waals surface area contributed by atoms with E-state index >= 15 is 0 Å². The van der Waals surface area contributed by atoms with E-state index in [1.807, 2.05) is 62.4 Å². The fraction of sp³-hybridized carbons (Fsp3) is 0.423. The Kier molecular flexibility index (Phi) is 8.17. The van der Waals surface area contributed by atoms with E-state index < -0.39 is 11.4 Å². The molecule has 6 heteroatoms. The van der Waals surface area contributed by atoms with Crippen molar-refractivity contribution in [2.75, 3.05) is 18.4 Å². The largest absolute Gasteiger partial charge is 0.481 e. The van der Waals surface area contributed by atoms with Crippen molar-refractivity contribution >= 4 is 29.7 Å². The smallest absolute Gasteiger partial charge is 0.310 e. The molecule has 1 saturated heterocycles. The molecule has 1 aromatic carbocycles. The highest BCUT2D eigenvalue weighted by molar-refractivity contribution is 5.94. The lowest BCUT2D eigenvalue weighted by Crippen LogP contribution is -2.34. The van der Waals surface area contributed by atoms with Crippen LogP contribution >= 0.6 is 0 Å². The first-order valence-corrected chi connectivity index (χ1v) is 11.4. The van der Waals surface area contributed by atoms with Crippen LogP contribution in [-0.4, -0.2) is 40.0 Å². The Balaban J connectivity index is 1.64. The van der Waals surface area contributed by atoms with Gasteiger partial charge in [0.2, 0.25) is 5.91 Å². The number of pyridine rings is 1. The number of hydrogen-bond donors (Lipinski definition) is 2. The molecule has 0 spiro atoms. The van der Waals surface area contributed by atoms with Gasteiger partial charge < -0.3 is 10.4 Å². The fourth-order valence-corrected chi connectivity index (χ4v) is 4.14. The number of rotatable bonds is 10. The summed E-state index contributed by atoms with van der Waals surface area (Å²) >= 11 is 0. The van der Waals surface area contributed by atoms with Crippen LogP contribution in [0.1, 0.15) is 62.9 Å². The number of carboxylic acids is 1. The number of aromatic nitrogens is 1. The van der Waals surface area contributed by atoms with Crippen molar-refractivity contribution in [3.63, 3.8) is 0 Å². The molecule has 2 heterocycles. The molecule has 3 rings (SSSR count). The second-order valence-corrected chi connectivity index (χ2v) is 8.51. The minimum absolute atomic E-state index is 0.0386. The van der Waals surface area contributed by atoms with Gasteiger partial charge in [-0.1, -0.05) is 38.1 Å². The first-order chi connectivity index (χ1) is 15.4. The van der Waals surface area contributed by atoms with E-state index in [0.717, 1.165) is 36.6 Å². The summed E-state index contributed by atoms with van der Waals surface area (Å²) in [5.74, 6) is -1.21. The summed E-state index contributed by atoms with van der Waals surface area (Å²) in [6, 6.07) is 13.6. The van der Waals surface area contributed by atoms with Gasteiger partial charge in [0.25, 0.3) is 0 Å². The Morgan fingerprint density at radius 3 is 2.50 bits per heavy atom. The number of hydrogen-bond acceptors (Lipinski definition) is 4. The summed E-state index contributed by atoms with van der Waals surface area (Å²) in [6.07, 6.45) is 7.26. The van der Waals surface area contributed by atoms with Gasteiger partial charge in [0.15, 0.2) is 0 Å². The molecule has 0 atom stereocenters. The highest BCUT2D eigenvalue weighted by Gasteiger charge is 2.37. The molecule has 1 aliphatic rings. The highest BCUT2D eigenvalue weighted by atomic mass is 16.4. The van der Waals surface area contributed by atoms with Crippen molar-refractivity contribution in [2.24, 2.45) is 5.41 Å². The lowest BCUT2D eigenvalue weighted by molar-refractivity contribution is -0.151. The molecule has 0 saturated carbocycles. The third-order valence-electron chi connectivity index (χ3n) is 6.34. The average molecular weight is 436 g/mol. The van der Waals surface area contributed by atoms with E-state index in [9.17, 15) is 14.7 Å². The van der Waals surface area contributed by atoms with Gasteiger partial charge in [-0.2, -0.15) is 0 Å². The van der Waals surface area contributed by atoms with E-state index in [1.54, 1.807) is 0 Å². The van der Waals surface area contributed by atoms with Gasteiger partial charge in [0.1, 0.15) is 0 Å². The Hall–Kier alpha value is -2.99. The third kappa shape index (κ3) is 6.26. The van der Waals surface area contributed by atoms with Crippen LogP contribution < -0.4 is 5.32 Å². The molecular weight excluding hydrogens is 402 g/mol. The number of carbonyl (C=O) groups is 2. The quantitative estimate of drug-likeness (QED) is 0.545. The minimum Gasteiger partial charge on any atom is -0.481 e. The maximum atomic E-state index is 12.5. The fourth-order valence-electron chi connectivity index (χ4n) is 4.14. The average Bonchev–Trinajstić information content (AvgIpc) is 3.29. The molecule has 1 aromatic heterocycles. The second kappa shape index (κ2) is 11.0. The van der Waals surface area contributed by atoms with Crippen LogP contribution in [0, 0.1) is 5.41 Å².